The molecule has 1 aliphatic carbocycles. The second-order valence-corrected chi connectivity index (χ2v) is 5.04. The predicted molar refractivity (Wildman–Crippen MR) is 73.5 cm³/mol. The standard InChI is InChI=1S/C14H17ClO5/c1-20-14(19)9-4-2-5-11(15)10(8-9)12(16)6-3-7-13(17)18/h2,4-5,10-11H,3,6-8H2,1H3,(H,17,18). The molecule has 0 heterocycles. The molecular formula is C14H17ClO5. The van der Waals surface area contributed by atoms with Crippen LogP contribution in [0.4, 0.5) is 0 Å². The van der Waals surface area contributed by atoms with Gasteiger partial charge in [0, 0.05) is 24.3 Å². The lowest BCUT2D eigenvalue weighted by Gasteiger charge is -2.18. The number of hydrogen-bond acceptors (Lipinski definition) is 4. The first-order valence-electron chi connectivity index (χ1n) is 6.30. The first kappa shape index (κ1) is 16.4. The molecule has 0 amide bonds. The van der Waals surface area contributed by atoms with Crippen molar-refractivity contribution in [2.24, 2.45) is 5.92 Å². The molecule has 0 radical (unpaired) electrons. The van der Waals surface area contributed by atoms with E-state index in [4.69, 9.17) is 16.7 Å². The molecule has 0 aromatic rings. The van der Waals surface area contributed by atoms with Gasteiger partial charge in [0.25, 0.3) is 0 Å². The number of hydrogen-bond donors (Lipinski definition) is 1. The van der Waals surface area contributed by atoms with Gasteiger partial charge in [-0.2, -0.15) is 0 Å². The number of carbonyl (C=O) groups excluding carboxylic acids is 2. The number of rotatable bonds is 6. The van der Waals surface area contributed by atoms with Crippen molar-refractivity contribution in [1.82, 2.24) is 0 Å². The highest BCUT2D eigenvalue weighted by atomic mass is 35.5. The van der Waals surface area contributed by atoms with Gasteiger partial charge < -0.3 is 9.84 Å². The Morgan fingerprint density at radius 1 is 1.40 bits per heavy atom. The van der Waals surface area contributed by atoms with E-state index in [1.807, 2.05) is 0 Å². The Labute approximate surface area is 122 Å². The molecule has 0 saturated heterocycles. The van der Waals surface area contributed by atoms with Crippen LogP contribution in [0.15, 0.2) is 23.8 Å². The van der Waals surface area contributed by atoms with Gasteiger partial charge in [0.15, 0.2) is 0 Å². The third-order valence-electron chi connectivity index (χ3n) is 3.09. The molecule has 1 N–H and O–H groups in total. The number of Topliss-reactive ketones (excluding diaryl/α,β-unsaturated/α-hetero) is 1. The predicted octanol–water partition coefficient (Wildman–Crippen LogP) is 2.09. The molecule has 2 atom stereocenters. The molecule has 0 aromatic heterocycles. The van der Waals surface area contributed by atoms with Gasteiger partial charge in [-0.05, 0) is 12.8 Å². The number of ether oxygens (including phenoxy) is 1. The van der Waals surface area contributed by atoms with Crippen molar-refractivity contribution in [3.05, 3.63) is 23.8 Å². The molecule has 5 nitrogen and oxygen atoms in total. The van der Waals surface area contributed by atoms with Crippen LogP contribution in [-0.4, -0.2) is 35.3 Å². The Morgan fingerprint density at radius 2 is 2.10 bits per heavy atom. The first-order valence-corrected chi connectivity index (χ1v) is 6.73. The van der Waals surface area contributed by atoms with Crippen LogP contribution in [0.1, 0.15) is 25.7 Å². The maximum absolute atomic E-state index is 12.1. The topological polar surface area (TPSA) is 80.7 Å². The molecular weight excluding hydrogens is 284 g/mol. The van der Waals surface area contributed by atoms with Gasteiger partial charge in [0.2, 0.25) is 0 Å². The molecule has 0 fully saturated rings. The third kappa shape index (κ3) is 4.81. The van der Waals surface area contributed by atoms with Gasteiger partial charge in [-0.3, -0.25) is 9.59 Å². The summed E-state index contributed by atoms with van der Waals surface area (Å²) in [5.41, 5.74) is 0.392. The molecule has 0 aliphatic heterocycles. The summed E-state index contributed by atoms with van der Waals surface area (Å²) in [6.45, 7) is 0. The maximum Gasteiger partial charge on any atom is 0.333 e. The fraction of sp³-hybridized carbons (Fsp3) is 0.500. The lowest BCUT2D eigenvalue weighted by atomic mass is 9.90. The molecule has 0 saturated carbocycles. The first-order chi connectivity index (χ1) is 9.45. The molecule has 110 valence electrons. The SMILES string of the molecule is COC(=O)C1=CC=CC(Cl)C(C(=O)CCCC(=O)O)C1. The van der Waals surface area contributed by atoms with Gasteiger partial charge >= 0.3 is 11.9 Å². The van der Waals surface area contributed by atoms with E-state index in [-0.39, 0.29) is 31.5 Å². The van der Waals surface area contributed by atoms with E-state index >= 15 is 0 Å². The number of allylic oxidation sites excluding steroid dienone is 3. The Morgan fingerprint density at radius 3 is 2.70 bits per heavy atom. The van der Waals surface area contributed by atoms with Crippen molar-refractivity contribution in [3.8, 4) is 0 Å². The number of carboxylic acid groups (broad SMARTS) is 1. The number of esters is 1. The van der Waals surface area contributed by atoms with Crippen LogP contribution in [0.3, 0.4) is 0 Å². The van der Waals surface area contributed by atoms with Crippen molar-refractivity contribution >= 4 is 29.3 Å². The Kier molecular flexibility index (Phi) is 6.45. The van der Waals surface area contributed by atoms with Crippen LogP contribution in [0.25, 0.3) is 0 Å². The van der Waals surface area contributed by atoms with Gasteiger partial charge in [-0.1, -0.05) is 18.2 Å². The summed E-state index contributed by atoms with van der Waals surface area (Å²) in [6.07, 6.45) is 5.44. The highest BCUT2D eigenvalue weighted by Crippen LogP contribution is 2.27. The minimum absolute atomic E-state index is 0.0546. The van der Waals surface area contributed by atoms with Gasteiger partial charge in [0.05, 0.1) is 12.5 Å². The molecule has 1 rings (SSSR count). The molecule has 20 heavy (non-hydrogen) atoms. The summed E-state index contributed by atoms with van der Waals surface area (Å²) < 4.78 is 4.65. The maximum atomic E-state index is 12.1. The Hall–Kier alpha value is -1.62. The number of alkyl halides is 1. The minimum atomic E-state index is -0.934. The van der Waals surface area contributed by atoms with Crippen molar-refractivity contribution < 1.29 is 24.2 Å². The van der Waals surface area contributed by atoms with Crippen LogP contribution in [0, 0.1) is 5.92 Å². The van der Waals surface area contributed by atoms with Crippen LogP contribution >= 0.6 is 11.6 Å². The average Bonchev–Trinajstić information content (AvgIpc) is 2.59. The monoisotopic (exact) mass is 300 g/mol. The fourth-order valence-corrected chi connectivity index (χ4v) is 2.32. The van der Waals surface area contributed by atoms with Crippen molar-refractivity contribution in [2.75, 3.05) is 7.11 Å². The molecule has 0 bridgehead atoms. The zero-order valence-electron chi connectivity index (χ0n) is 11.2. The lowest BCUT2D eigenvalue weighted by molar-refractivity contribution is -0.137. The largest absolute Gasteiger partial charge is 0.481 e. The van der Waals surface area contributed by atoms with Crippen molar-refractivity contribution in [1.29, 1.82) is 0 Å². The zero-order chi connectivity index (χ0) is 15.1. The zero-order valence-corrected chi connectivity index (χ0v) is 11.9. The summed E-state index contributed by atoms with van der Waals surface area (Å²) >= 11 is 6.13. The molecule has 0 aromatic carbocycles. The number of ketones is 1. The number of carboxylic acids is 1. The second-order valence-electron chi connectivity index (χ2n) is 4.54. The van der Waals surface area contributed by atoms with Gasteiger partial charge in [0.1, 0.15) is 5.78 Å². The molecule has 2 unspecified atom stereocenters. The summed E-state index contributed by atoms with van der Waals surface area (Å²) in [7, 11) is 1.28. The number of halogens is 1. The van der Waals surface area contributed by atoms with Crippen LogP contribution < -0.4 is 0 Å². The third-order valence-corrected chi connectivity index (χ3v) is 3.54. The fourth-order valence-electron chi connectivity index (χ4n) is 2.00. The van der Waals surface area contributed by atoms with E-state index in [1.54, 1.807) is 18.2 Å². The van der Waals surface area contributed by atoms with E-state index in [2.05, 4.69) is 4.74 Å². The van der Waals surface area contributed by atoms with Gasteiger partial charge in [-0.15, -0.1) is 11.6 Å². The normalized spacial score (nSPS) is 21.8. The van der Waals surface area contributed by atoms with Crippen molar-refractivity contribution in [2.45, 2.75) is 31.1 Å². The number of carbonyl (C=O) groups is 3. The minimum Gasteiger partial charge on any atom is -0.481 e. The molecule has 6 heteroatoms. The Balaban J connectivity index is 2.69. The number of methoxy groups -OCH3 is 1. The van der Waals surface area contributed by atoms with E-state index in [1.165, 1.54) is 7.11 Å². The summed E-state index contributed by atoms with van der Waals surface area (Å²) in [4.78, 5) is 34.1. The van der Waals surface area contributed by atoms with E-state index < -0.39 is 23.2 Å². The van der Waals surface area contributed by atoms with Gasteiger partial charge in [-0.25, -0.2) is 4.79 Å². The molecule has 1 aliphatic rings. The van der Waals surface area contributed by atoms with Crippen molar-refractivity contribution in [3.63, 3.8) is 0 Å². The van der Waals surface area contributed by atoms with Crippen LogP contribution in [0.2, 0.25) is 0 Å². The summed E-state index contributed by atoms with van der Waals surface area (Å²) in [5, 5.41) is 8.05. The summed E-state index contributed by atoms with van der Waals surface area (Å²) in [5.74, 6) is -2.08. The second kappa shape index (κ2) is 7.85. The average molecular weight is 301 g/mol. The molecule has 0 spiro atoms. The Bertz CT molecular complexity index is 452. The smallest absolute Gasteiger partial charge is 0.333 e. The van der Waals surface area contributed by atoms with Crippen LogP contribution in [0.5, 0.6) is 0 Å². The summed E-state index contributed by atoms with van der Waals surface area (Å²) in [6, 6.07) is 0. The highest BCUT2D eigenvalue weighted by Gasteiger charge is 2.29. The highest BCUT2D eigenvalue weighted by molar-refractivity contribution is 6.23. The quantitative estimate of drug-likeness (QED) is 0.600. The van der Waals surface area contributed by atoms with E-state index in [0.717, 1.165) is 0 Å². The van der Waals surface area contributed by atoms with Crippen LogP contribution in [-0.2, 0) is 19.1 Å². The lowest BCUT2D eigenvalue weighted by Crippen LogP contribution is -2.24. The number of aliphatic carboxylic acids is 1. The van der Waals surface area contributed by atoms with E-state index in [9.17, 15) is 14.4 Å². The van der Waals surface area contributed by atoms with E-state index in [0.29, 0.717) is 5.57 Å².